The van der Waals surface area contributed by atoms with Gasteiger partial charge in [-0.3, -0.25) is 4.79 Å². The van der Waals surface area contributed by atoms with Crippen LogP contribution in [-0.4, -0.2) is 60.8 Å². The van der Waals surface area contributed by atoms with Gasteiger partial charge >= 0.3 is 0 Å². The topological polar surface area (TPSA) is 64.5 Å². The largest absolute Gasteiger partial charge is 0.497 e. The van der Waals surface area contributed by atoms with Crippen LogP contribution in [0.5, 0.6) is 5.75 Å². The van der Waals surface area contributed by atoms with Crippen LogP contribution in [0.2, 0.25) is 0 Å². The summed E-state index contributed by atoms with van der Waals surface area (Å²) in [6.45, 7) is 3.71. The van der Waals surface area contributed by atoms with Gasteiger partial charge in [0.2, 0.25) is 0 Å². The Hall–Kier alpha value is -2.00. The molecular weight excluding hydrogens is 418 g/mol. The van der Waals surface area contributed by atoms with Gasteiger partial charge in [-0.05, 0) is 50.7 Å². The number of Topliss-reactive ketones (excluding diaryl/α,β-unsaturated/α-hetero) is 1. The number of likely N-dealkylation sites (tertiary alicyclic amines) is 1. The molecule has 4 rings (SSSR count). The van der Waals surface area contributed by atoms with E-state index in [2.05, 4.69) is 21.9 Å². The number of carbonyl (C=O) groups is 1. The fourth-order valence-electron chi connectivity index (χ4n) is 3.80. The van der Waals surface area contributed by atoms with Crippen LogP contribution >= 0.6 is 23.1 Å². The van der Waals surface area contributed by atoms with Crippen LogP contribution in [0.15, 0.2) is 35.4 Å². The molecule has 6 nitrogen and oxygen atoms in total. The van der Waals surface area contributed by atoms with Gasteiger partial charge in [0.25, 0.3) is 0 Å². The third kappa shape index (κ3) is 4.09. The Morgan fingerprint density at radius 2 is 2.10 bits per heavy atom. The lowest BCUT2D eigenvalue weighted by molar-refractivity contribution is -0.000945. The van der Waals surface area contributed by atoms with E-state index in [4.69, 9.17) is 9.47 Å². The average molecular weight is 444 g/mol. The first-order valence-corrected chi connectivity index (χ1v) is 11.6. The Morgan fingerprint density at radius 1 is 1.27 bits per heavy atom. The summed E-state index contributed by atoms with van der Waals surface area (Å²) in [5, 5.41) is 1.70. The number of aryl methyl sites for hydroxylation is 1. The van der Waals surface area contributed by atoms with Crippen LogP contribution in [0.25, 0.3) is 10.9 Å². The van der Waals surface area contributed by atoms with Crippen LogP contribution in [-0.2, 0) is 10.3 Å². The summed E-state index contributed by atoms with van der Waals surface area (Å²) in [6, 6.07) is 9.69. The van der Waals surface area contributed by atoms with Gasteiger partial charge in [-0.1, -0.05) is 11.8 Å². The van der Waals surface area contributed by atoms with Crippen molar-refractivity contribution in [1.29, 1.82) is 0 Å². The van der Waals surface area contributed by atoms with Crippen molar-refractivity contribution in [1.82, 2.24) is 14.9 Å². The molecule has 0 saturated carbocycles. The second-order valence-corrected chi connectivity index (χ2v) is 9.57. The second kappa shape index (κ2) is 8.63. The van der Waals surface area contributed by atoms with Crippen molar-refractivity contribution >= 4 is 39.8 Å². The molecule has 1 aliphatic heterocycles. The number of rotatable bonds is 7. The minimum atomic E-state index is -0.304. The summed E-state index contributed by atoms with van der Waals surface area (Å²) < 4.78 is 11.2. The summed E-state index contributed by atoms with van der Waals surface area (Å²) >= 11 is 2.99. The molecule has 8 heteroatoms. The highest BCUT2D eigenvalue weighted by Gasteiger charge is 2.40. The molecule has 0 bridgehead atoms. The Labute approximate surface area is 184 Å². The highest BCUT2D eigenvalue weighted by atomic mass is 32.2. The molecule has 1 saturated heterocycles. The first kappa shape index (κ1) is 21.2. The number of methoxy groups -OCH3 is 2. The van der Waals surface area contributed by atoms with Crippen molar-refractivity contribution in [3.63, 3.8) is 0 Å². The molecule has 3 heterocycles. The van der Waals surface area contributed by atoms with Crippen molar-refractivity contribution in [2.45, 2.75) is 24.0 Å². The van der Waals surface area contributed by atoms with E-state index in [1.807, 2.05) is 37.3 Å². The van der Waals surface area contributed by atoms with Gasteiger partial charge in [-0.2, -0.15) is 0 Å². The number of carbonyl (C=O) groups excluding carboxylic acids is 1. The molecule has 1 atom stereocenters. The molecule has 1 aliphatic rings. The van der Waals surface area contributed by atoms with Crippen molar-refractivity contribution in [3.05, 3.63) is 45.9 Å². The van der Waals surface area contributed by atoms with Gasteiger partial charge in [0.1, 0.15) is 22.2 Å². The first-order chi connectivity index (χ1) is 14.4. The molecule has 0 N–H and O–H groups in total. The summed E-state index contributed by atoms with van der Waals surface area (Å²) in [4.78, 5) is 26.1. The van der Waals surface area contributed by atoms with Crippen molar-refractivity contribution in [2.24, 2.45) is 0 Å². The highest BCUT2D eigenvalue weighted by molar-refractivity contribution is 8.00. The standard InChI is InChI=1S/C22H25N3O3S2/c1-14-23-17-6-5-15(27-3)11-16(17)21(24-14)29-12-18(26)19-7-8-20(30-19)22(28-4)9-10-25(2)13-22/h5-8,11H,9-10,12-13H2,1-4H3. The number of thiophene rings is 1. The molecule has 3 aromatic rings. The number of benzene rings is 1. The predicted octanol–water partition coefficient (Wildman–Crippen LogP) is 4.16. The maximum absolute atomic E-state index is 12.9. The fraction of sp³-hybridized carbons (Fsp3) is 0.409. The quantitative estimate of drug-likeness (QED) is 0.309. The molecule has 30 heavy (non-hydrogen) atoms. The molecule has 2 aromatic heterocycles. The Kier molecular flexibility index (Phi) is 6.11. The average Bonchev–Trinajstić information content (AvgIpc) is 3.39. The van der Waals surface area contributed by atoms with Crippen molar-refractivity contribution < 1.29 is 14.3 Å². The number of hydrogen-bond acceptors (Lipinski definition) is 8. The zero-order valence-electron chi connectivity index (χ0n) is 17.6. The second-order valence-electron chi connectivity index (χ2n) is 7.52. The summed E-state index contributed by atoms with van der Waals surface area (Å²) in [5.41, 5.74) is 0.547. The van der Waals surface area contributed by atoms with Gasteiger partial charge in [0, 0.05) is 30.5 Å². The number of nitrogens with zero attached hydrogens (tertiary/aromatic N) is 3. The van der Waals surface area contributed by atoms with Crippen LogP contribution in [0.4, 0.5) is 0 Å². The molecule has 0 aliphatic carbocycles. The number of ketones is 1. The van der Waals surface area contributed by atoms with E-state index in [0.717, 1.165) is 50.9 Å². The van der Waals surface area contributed by atoms with E-state index in [-0.39, 0.29) is 11.4 Å². The molecule has 1 unspecified atom stereocenters. The lowest BCUT2D eigenvalue weighted by Crippen LogP contribution is -2.30. The van der Waals surface area contributed by atoms with Gasteiger partial charge < -0.3 is 14.4 Å². The Balaban J connectivity index is 1.53. The van der Waals surface area contributed by atoms with E-state index in [1.54, 1.807) is 25.6 Å². The molecule has 1 aromatic carbocycles. The Morgan fingerprint density at radius 3 is 2.80 bits per heavy atom. The van der Waals surface area contributed by atoms with E-state index >= 15 is 0 Å². The van der Waals surface area contributed by atoms with Crippen molar-refractivity contribution in [2.75, 3.05) is 40.1 Å². The molecule has 0 spiro atoms. The van der Waals surface area contributed by atoms with Crippen LogP contribution in [0.1, 0.15) is 26.8 Å². The number of likely N-dealkylation sites (N-methyl/N-ethyl adjacent to an activating group) is 1. The van der Waals surface area contributed by atoms with E-state index in [0.29, 0.717) is 11.6 Å². The zero-order chi connectivity index (χ0) is 21.3. The molecule has 158 valence electrons. The first-order valence-electron chi connectivity index (χ1n) is 9.76. The number of aromatic nitrogens is 2. The lowest BCUT2D eigenvalue weighted by atomic mass is 10.0. The van der Waals surface area contributed by atoms with Gasteiger partial charge in [0.15, 0.2) is 5.78 Å². The number of thioether (sulfide) groups is 1. The van der Waals surface area contributed by atoms with E-state index in [1.165, 1.54) is 11.8 Å². The van der Waals surface area contributed by atoms with Gasteiger partial charge in [0.05, 0.1) is 23.3 Å². The minimum Gasteiger partial charge on any atom is -0.497 e. The lowest BCUT2D eigenvalue weighted by Gasteiger charge is -2.26. The minimum absolute atomic E-state index is 0.0983. The third-order valence-corrected chi connectivity index (χ3v) is 7.77. The van der Waals surface area contributed by atoms with Gasteiger partial charge in [-0.25, -0.2) is 9.97 Å². The van der Waals surface area contributed by atoms with Crippen LogP contribution < -0.4 is 4.74 Å². The molecule has 0 radical (unpaired) electrons. The Bertz CT molecular complexity index is 1080. The molecule has 0 amide bonds. The smallest absolute Gasteiger partial charge is 0.183 e. The maximum Gasteiger partial charge on any atom is 0.183 e. The monoisotopic (exact) mass is 443 g/mol. The summed E-state index contributed by atoms with van der Waals surface area (Å²) in [6.07, 6.45) is 0.941. The highest BCUT2D eigenvalue weighted by Crippen LogP contribution is 2.39. The third-order valence-electron chi connectivity index (χ3n) is 5.46. The summed E-state index contributed by atoms with van der Waals surface area (Å²) in [7, 11) is 5.49. The van der Waals surface area contributed by atoms with Crippen LogP contribution in [0.3, 0.4) is 0 Å². The van der Waals surface area contributed by atoms with Gasteiger partial charge in [-0.15, -0.1) is 11.3 Å². The van der Waals surface area contributed by atoms with E-state index in [9.17, 15) is 4.79 Å². The summed E-state index contributed by atoms with van der Waals surface area (Å²) in [5.74, 6) is 1.86. The maximum atomic E-state index is 12.9. The molecule has 1 fully saturated rings. The predicted molar refractivity (Wildman–Crippen MR) is 121 cm³/mol. The van der Waals surface area contributed by atoms with E-state index < -0.39 is 0 Å². The fourth-order valence-corrected chi connectivity index (χ4v) is 5.96. The molecular formula is C22H25N3O3S2. The number of fused-ring (bicyclic) bond motifs is 1. The SMILES string of the molecule is COc1ccc2nc(C)nc(SCC(=O)c3ccc(C4(OC)CCN(C)C4)s3)c2c1. The zero-order valence-corrected chi connectivity index (χ0v) is 19.2. The van der Waals surface area contributed by atoms with Crippen molar-refractivity contribution in [3.8, 4) is 5.75 Å². The number of hydrogen-bond donors (Lipinski definition) is 0. The normalized spacial score (nSPS) is 19.5. The number of ether oxygens (including phenoxy) is 2. The van der Waals surface area contributed by atoms with Crippen LogP contribution in [0, 0.1) is 6.92 Å².